The minimum atomic E-state index is -0.615. The molecule has 7 nitrogen and oxygen atoms in total. The van der Waals surface area contributed by atoms with Crippen LogP contribution in [0, 0.1) is 0 Å². The van der Waals surface area contributed by atoms with Gasteiger partial charge in [0.15, 0.2) is 12.4 Å². The zero-order valence-electron chi connectivity index (χ0n) is 18.3. The van der Waals surface area contributed by atoms with Crippen molar-refractivity contribution in [1.82, 2.24) is 0 Å². The fourth-order valence-corrected chi connectivity index (χ4v) is 2.89. The van der Waals surface area contributed by atoms with E-state index in [1.54, 1.807) is 55.6 Å². The average molecular weight is 447 g/mol. The van der Waals surface area contributed by atoms with Crippen LogP contribution in [0.15, 0.2) is 78.9 Å². The van der Waals surface area contributed by atoms with E-state index in [4.69, 9.17) is 14.2 Å². The number of esters is 1. The first kappa shape index (κ1) is 23.5. The van der Waals surface area contributed by atoms with Crippen LogP contribution in [-0.2, 0) is 20.9 Å². The van der Waals surface area contributed by atoms with E-state index in [2.05, 4.69) is 5.32 Å². The molecule has 0 aliphatic carbocycles. The Morgan fingerprint density at radius 3 is 2.12 bits per heavy atom. The van der Waals surface area contributed by atoms with Gasteiger partial charge >= 0.3 is 5.97 Å². The molecule has 0 radical (unpaired) electrons. The van der Waals surface area contributed by atoms with Crippen molar-refractivity contribution in [3.8, 4) is 11.5 Å². The van der Waals surface area contributed by atoms with Crippen LogP contribution in [-0.4, -0.2) is 31.4 Å². The summed E-state index contributed by atoms with van der Waals surface area (Å²) in [5.41, 5.74) is 2.05. The summed E-state index contributed by atoms with van der Waals surface area (Å²) >= 11 is 0. The Morgan fingerprint density at radius 1 is 0.788 bits per heavy atom. The summed E-state index contributed by atoms with van der Waals surface area (Å²) in [6.45, 7) is 0.0426. The van der Waals surface area contributed by atoms with Crippen molar-refractivity contribution < 1.29 is 28.6 Å². The van der Waals surface area contributed by atoms with Crippen molar-refractivity contribution in [1.29, 1.82) is 0 Å². The summed E-state index contributed by atoms with van der Waals surface area (Å²) in [7, 11) is 1.56. The van der Waals surface area contributed by atoms with Crippen molar-refractivity contribution >= 4 is 23.3 Å². The second-order valence-corrected chi connectivity index (χ2v) is 7.16. The largest absolute Gasteiger partial charge is 0.497 e. The second kappa shape index (κ2) is 12.0. The van der Waals surface area contributed by atoms with E-state index < -0.39 is 5.97 Å². The number of ether oxygens (including phenoxy) is 3. The lowest BCUT2D eigenvalue weighted by atomic mass is 10.1. The topological polar surface area (TPSA) is 90.9 Å². The first-order valence-corrected chi connectivity index (χ1v) is 10.4. The number of hydrogen-bond donors (Lipinski definition) is 1. The van der Waals surface area contributed by atoms with Crippen LogP contribution in [0.2, 0.25) is 0 Å². The molecule has 0 aliphatic heterocycles. The minimum absolute atomic E-state index is 0.0491. The monoisotopic (exact) mass is 447 g/mol. The first-order valence-electron chi connectivity index (χ1n) is 10.4. The summed E-state index contributed by atoms with van der Waals surface area (Å²) in [5, 5.41) is 2.68. The number of methoxy groups -OCH3 is 1. The summed E-state index contributed by atoms with van der Waals surface area (Å²) < 4.78 is 15.8. The fourth-order valence-electron chi connectivity index (χ4n) is 2.89. The highest BCUT2D eigenvalue weighted by molar-refractivity contribution is 5.98. The number of amides is 1. The molecule has 1 amide bonds. The molecule has 0 spiro atoms. The molecule has 0 aromatic heterocycles. The third-order valence-corrected chi connectivity index (χ3v) is 4.72. The van der Waals surface area contributed by atoms with Crippen molar-refractivity contribution in [3.63, 3.8) is 0 Å². The number of nitrogens with one attached hydrogen (secondary N) is 1. The van der Waals surface area contributed by atoms with Gasteiger partial charge in [-0.15, -0.1) is 0 Å². The molecule has 0 bridgehead atoms. The molecule has 0 unspecified atom stereocenters. The van der Waals surface area contributed by atoms with E-state index in [1.165, 1.54) is 0 Å². The van der Waals surface area contributed by atoms with E-state index >= 15 is 0 Å². The molecular formula is C26H25NO6. The number of carbonyl (C=O) groups excluding carboxylic acids is 3. The highest BCUT2D eigenvalue weighted by Crippen LogP contribution is 2.16. The van der Waals surface area contributed by atoms with Gasteiger partial charge in [0, 0.05) is 17.7 Å². The Balaban J connectivity index is 1.36. The number of anilines is 1. The van der Waals surface area contributed by atoms with Crippen LogP contribution in [0.4, 0.5) is 5.69 Å². The third-order valence-electron chi connectivity index (χ3n) is 4.72. The molecule has 0 saturated heterocycles. The van der Waals surface area contributed by atoms with Crippen molar-refractivity contribution in [2.75, 3.05) is 19.0 Å². The smallest absolute Gasteiger partial charge is 0.306 e. The van der Waals surface area contributed by atoms with E-state index in [-0.39, 0.29) is 31.1 Å². The number of benzene rings is 3. The average Bonchev–Trinajstić information content (AvgIpc) is 2.86. The third kappa shape index (κ3) is 7.81. The minimum Gasteiger partial charge on any atom is -0.497 e. The lowest BCUT2D eigenvalue weighted by molar-refractivity contribution is -0.143. The van der Waals surface area contributed by atoms with Gasteiger partial charge in [0.25, 0.3) is 0 Å². The van der Waals surface area contributed by atoms with E-state index in [0.29, 0.717) is 29.4 Å². The number of ketones is 1. The zero-order chi connectivity index (χ0) is 23.5. The molecule has 33 heavy (non-hydrogen) atoms. The van der Waals surface area contributed by atoms with Crippen LogP contribution in [0.1, 0.15) is 28.8 Å². The molecule has 3 rings (SSSR count). The van der Waals surface area contributed by atoms with Gasteiger partial charge in [0.1, 0.15) is 18.1 Å². The summed E-state index contributed by atoms with van der Waals surface area (Å²) in [4.78, 5) is 36.1. The SMILES string of the molecule is COc1ccc(NC(=O)CCC(=O)OCC(=O)c2ccc(OCc3ccccc3)cc2)cc1. The molecular weight excluding hydrogens is 422 g/mol. The van der Waals surface area contributed by atoms with Gasteiger partial charge in [0.05, 0.1) is 13.5 Å². The molecule has 0 atom stereocenters. The lowest BCUT2D eigenvalue weighted by Gasteiger charge is -2.08. The first-order chi connectivity index (χ1) is 16.0. The van der Waals surface area contributed by atoms with E-state index in [1.807, 2.05) is 30.3 Å². The van der Waals surface area contributed by atoms with Gasteiger partial charge in [-0.1, -0.05) is 30.3 Å². The number of carbonyl (C=O) groups is 3. The Bertz CT molecular complexity index is 1060. The van der Waals surface area contributed by atoms with Crippen molar-refractivity contribution in [2.24, 2.45) is 0 Å². The summed E-state index contributed by atoms with van der Waals surface area (Å²) in [6, 6.07) is 23.2. The van der Waals surface area contributed by atoms with Gasteiger partial charge in [-0.2, -0.15) is 0 Å². The van der Waals surface area contributed by atoms with Crippen LogP contribution < -0.4 is 14.8 Å². The van der Waals surface area contributed by atoms with E-state index in [9.17, 15) is 14.4 Å². The van der Waals surface area contributed by atoms with Crippen LogP contribution >= 0.6 is 0 Å². The standard InChI is InChI=1S/C26H25NO6/c1-31-22-13-9-21(10-14-22)27-25(29)15-16-26(30)33-18-24(28)20-7-11-23(12-8-20)32-17-19-5-3-2-4-6-19/h2-14H,15-18H2,1H3,(H,27,29). The molecule has 0 fully saturated rings. The Morgan fingerprint density at radius 2 is 1.45 bits per heavy atom. The van der Waals surface area contributed by atoms with Crippen molar-refractivity contribution in [2.45, 2.75) is 19.4 Å². The maximum Gasteiger partial charge on any atom is 0.306 e. The summed E-state index contributed by atoms with van der Waals surface area (Å²) in [6.07, 6.45) is -0.173. The second-order valence-electron chi connectivity index (χ2n) is 7.16. The van der Waals surface area contributed by atoms with Gasteiger partial charge < -0.3 is 19.5 Å². The maximum absolute atomic E-state index is 12.3. The maximum atomic E-state index is 12.3. The quantitative estimate of drug-likeness (QED) is 0.346. The molecule has 0 aliphatic rings. The van der Waals surface area contributed by atoms with Gasteiger partial charge in [-0.3, -0.25) is 14.4 Å². The predicted molar refractivity (Wildman–Crippen MR) is 123 cm³/mol. The predicted octanol–water partition coefficient (Wildman–Crippen LogP) is 4.42. The Labute approximate surface area is 192 Å². The number of hydrogen-bond acceptors (Lipinski definition) is 6. The Hall–Kier alpha value is -4.13. The molecule has 7 heteroatoms. The normalized spacial score (nSPS) is 10.2. The number of rotatable bonds is 11. The molecule has 3 aromatic carbocycles. The summed E-state index contributed by atoms with van der Waals surface area (Å²) in [5.74, 6) is 0.0390. The van der Waals surface area contributed by atoms with Crippen LogP contribution in [0.3, 0.4) is 0 Å². The van der Waals surface area contributed by atoms with Crippen LogP contribution in [0.25, 0.3) is 0 Å². The highest BCUT2D eigenvalue weighted by atomic mass is 16.5. The Kier molecular flexibility index (Phi) is 8.59. The van der Waals surface area contributed by atoms with Gasteiger partial charge in [-0.05, 0) is 54.1 Å². The molecule has 1 N–H and O–H groups in total. The van der Waals surface area contributed by atoms with Crippen molar-refractivity contribution in [3.05, 3.63) is 90.0 Å². The van der Waals surface area contributed by atoms with Crippen LogP contribution in [0.5, 0.6) is 11.5 Å². The number of Topliss-reactive ketones (excluding diaryl/α,β-unsaturated/α-hetero) is 1. The molecule has 0 heterocycles. The van der Waals surface area contributed by atoms with E-state index in [0.717, 1.165) is 5.56 Å². The van der Waals surface area contributed by atoms with Gasteiger partial charge in [-0.25, -0.2) is 0 Å². The molecule has 3 aromatic rings. The highest BCUT2D eigenvalue weighted by Gasteiger charge is 2.12. The fraction of sp³-hybridized carbons (Fsp3) is 0.192. The zero-order valence-corrected chi connectivity index (χ0v) is 18.3. The lowest BCUT2D eigenvalue weighted by Crippen LogP contribution is -2.17. The molecule has 170 valence electrons. The molecule has 0 saturated carbocycles. The van der Waals surface area contributed by atoms with Gasteiger partial charge in [0.2, 0.25) is 5.91 Å².